The van der Waals surface area contributed by atoms with Crippen molar-refractivity contribution in [1.82, 2.24) is 9.80 Å². The molecule has 1 aliphatic carbocycles. The second-order valence-electron chi connectivity index (χ2n) is 6.95. The van der Waals surface area contributed by atoms with E-state index in [0.717, 1.165) is 12.1 Å². The summed E-state index contributed by atoms with van der Waals surface area (Å²) in [7, 11) is 1.73. The highest BCUT2D eigenvalue weighted by Gasteiger charge is 2.38. The average Bonchev–Trinajstić information content (AvgIpc) is 2.58. The molecule has 1 aromatic rings. The van der Waals surface area contributed by atoms with Gasteiger partial charge in [-0.2, -0.15) is 0 Å². The predicted molar refractivity (Wildman–Crippen MR) is 89.9 cm³/mol. The van der Waals surface area contributed by atoms with Crippen molar-refractivity contribution in [3.63, 3.8) is 0 Å². The van der Waals surface area contributed by atoms with Crippen molar-refractivity contribution in [1.29, 1.82) is 0 Å². The lowest BCUT2D eigenvalue weighted by Gasteiger charge is -2.41. The lowest BCUT2D eigenvalue weighted by molar-refractivity contribution is -0.155. The Morgan fingerprint density at radius 2 is 1.74 bits per heavy atom. The molecule has 1 saturated carbocycles. The fraction of sp³-hybridized carbons (Fsp3) is 0.579. The number of nitrogens with zero attached hydrogens (tertiary/aromatic N) is 2. The van der Waals surface area contributed by atoms with Crippen LogP contribution in [0.3, 0.4) is 0 Å². The Labute approximate surface area is 138 Å². The molecule has 0 unspecified atom stereocenters. The van der Waals surface area contributed by atoms with Crippen LogP contribution in [-0.4, -0.2) is 47.8 Å². The zero-order chi connectivity index (χ0) is 16.2. The van der Waals surface area contributed by atoms with Gasteiger partial charge in [-0.1, -0.05) is 49.6 Å². The molecule has 1 heterocycles. The molecular formula is C19H26N2O2. The van der Waals surface area contributed by atoms with Gasteiger partial charge in [-0.15, -0.1) is 0 Å². The van der Waals surface area contributed by atoms with Crippen molar-refractivity contribution in [3.8, 4) is 0 Å². The largest absolute Gasteiger partial charge is 0.335 e. The van der Waals surface area contributed by atoms with Gasteiger partial charge >= 0.3 is 0 Å². The fourth-order valence-corrected chi connectivity index (χ4v) is 3.84. The van der Waals surface area contributed by atoms with Crippen LogP contribution in [0.1, 0.15) is 37.7 Å². The maximum absolute atomic E-state index is 12.7. The van der Waals surface area contributed by atoms with Gasteiger partial charge in [-0.25, -0.2) is 0 Å². The van der Waals surface area contributed by atoms with Gasteiger partial charge in [0.2, 0.25) is 11.8 Å². The molecule has 23 heavy (non-hydrogen) atoms. The third-order valence-electron chi connectivity index (χ3n) is 5.18. The number of rotatable bonds is 4. The predicted octanol–water partition coefficient (Wildman–Crippen LogP) is 2.48. The van der Waals surface area contributed by atoms with E-state index in [4.69, 9.17) is 0 Å². The highest BCUT2D eigenvalue weighted by atomic mass is 16.2. The minimum Gasteiger partial charge on any atom is -0.335 e. The molecule has 0 aromatic heterocycles. The summed E-state index contributed by atoms with van der Waals surface area (Å²) < 4.78 is 0. The summed E-state index contributed by atoms with van der Waals surface area (Å²) in [6.45, 7) is 0.965. The quantitative estimate of drug-likeness (QED) is 0.856. The molecular weight excluding hydrogens is 288 g/mol. The minimum absolute atomic E-state index is 0.0734. The third-order valence-corrected chi connectivity index (χ3v) is 5.18. The van der Waals surface area contributed by atoms with Crippen molar-refractivity contribution in [2.75, 3.05) is 20.1 Å². The first-order valence-electron chi connectivity index (χ1n) is 8.73. The fourth-order valence-electron chi connectivity index (χ4n) is 3.84. The minimum atomic E-state index is -0.342. The van der Waals surface area contributed by atoms with Crippen LogP contribution < -0.4 is 0 Å². The van der Waals surface area contributed by atoms with Crippen LogP contribution >= 0.6 is 0 Å². The number of carbonyl (C=O) groups excluding carboxylic acids is 2. The van der Waals surface area contributed by atoms with E-state index in [1.165, 1.54) is 32.1 Å². The highest BCUT2D eigenvalue weighted by Crippen LogP contribution is 2.27. The molecule has 1 aliphatic heterocycles. The van der Waals surface area contributed by atoms with E-state index < -0.39 is 0 Å². The summed E-state index contributed by atoms with van der Waals surface area (Å²) in [5.41, 5.74) is 1.11. The van der Waals surface area contributed by atoms with E-state index in [-0.39, 0.29) is 24.4 Å². The van der Waals surface area contributed by atoms with E-state index in [1.807, 2.05) is 35.2 Å². The third kappa shape index (κ3) is 3.74. The second-order valence-corrected chi connectivity index (χ2v) is 6.95. The maximum atomic E-state index is 12.7. The van der Waals surface area contributed by atoms with E-state index in [1.54, 1.807) is 11.9 Å². The first-order valence-corrected chi connectivity index (χ1v) is 8.73. The molecule has 1 saturated heterocycles. The SMILES string of the molecule is CN1CC(=O)N(CC2CCCCC2)[C@H](Cc2ccccc2)C1=O. The molecule has 0 spiro atoms. The van der Waals surface area contributed by atoms with Crippen LogP contribution in [-0.2, 0) is 16.0 Å². The Kier molecular flexibility index (Phi) is 4.99. The van der Waals surface area contributed by atoms with Crippen molar-refractivity contribution >= 4 is 11.8 Å². The Hall–Kier alpha value is -1.84. The van der Waals surface area contributed by atoms with Crippen LogP contribution in [0.4, 0.5) is 0 Å². The standard InChI is InChI=1S/C19H26N2O2/c1-20-14-18(22)21(13-16-10-6-3-7-11-16)17(19(20)23)12-15-8-4-2-5-9-15/h2,4-5,8-9,16-17H,3,6-7,10-14H2,1H3/t17-/m1/s1. The van der Waals surface area contributed by atoms with Gasteiger partial charge in [-0.05, 0) is 24.3 Å². The number of hydrogen-bond acceptors (Lipinski definition) is 2. The molecule has 0 N–H and O–H groups in total. The smallest absolute Gasteiger partial charge is 0.245 e. The number of benzene rings is 1. The molecule has 0 bridgehead atoms. The molecule has 2 amide bonds. The van der Waals surface area contributed by atoms with Crippen molar-refractivity contribution in [3.05, 3.63) is 35.9 Å². The van der Waals surface area contributed by atoms with Gasteiger partial charge in [0.1, 0.15) is 6.04 Å². The zero-order valence-corrected chi connectivity index (χ0v) is 13.9. The van der Waals surface area contributed by atoms with Crippen LogP contribution in [0.2, 0.25) is 0 Å². The summed E-state index contributed by atoms with van der Waals surface area (Å²) in [5.74, 6) is 0.727. The van der Waals surface area contributed by atoms with Crippen molar-refractivity contribution < 1.29 is 9.59 Å². The normalized spacial score (nSPS) is 23.4. The number of amides is 2. The first-order chi connectivity index (χ1) is 11.1. The number of piperazine rings is 1. The van der Waals surface area contributed by atoms with Gasteiger partial charge in [0.05, 0.1) is 6.54 Å². The first kappa shape index (κ1) is 16.0. The van der Waals surface area contributed by atoms with Crippen LogP contribution in [0.5, 0.6) is 0 Å². The Balaban J connectivity index is 1.77. The van der Waals surface area contributed by atoms with Crippen LogP contribution in [0.15, 0.2) is 30.3 Å². The van der Waals surface area contributed by atoms with Crippen LogP contribution in [0, 0.1) is 5.92 Å². The monoisotopic (exact) mass is 314 g/mol. The Morgan fingerprint density at radius 3 is 2.43 bits per heavy atom. The van der Waals surface area contributed by atoms with Gasteiger partial charge < -0.3 is 9.80 Å². The molecule has 4 nitrogen and oxygen atoms in total. The lowest BCUT2D eigenvalue weighted by atomic mass is 9.88. The lowest BCUT2D eigenvalue weighted by Crippen LogP contribution is -2.60. The summed E-state index contributed by atoms with van der Waals surface area (Å²) in [4.78, 5) is 28.7. The van der Waals surface area contributed by atoms with Gasteiger partial charge in [-0.3, -0.25) is 9.59 Å². The van der Waals surface area contributed by atoms with E-state index in [2.05, 4.69) is 0 Å². The van der Waals surface area contributed by atoms with E-state index >= 15 is 0 Å². The molecule has 2 aliphatic rings. The molecule has 1 aromatic carbocycles. The van der Waals surface area contributed by atoms with Crippen molar-refractivity contribution in [2.24, 2.45) is 5.92 Å². The summed E-state index contributed by atoms with van der Waals surface area (Å²) in [6, 6.07) is 9.67. The van der Waals surface area contributed by atoms with Gasteiger partial charge in [0.25, 0.3) is 0 Å². The zero-order valence-electron chi connectivity index (χ0n) is 13.9. The molecule has 124 valence electrons. The van der Waals surface area contributed by atoms with Gasteiger partial charge in [0.15, 0.2) is 0 Å². The van der Waals surface area contributed by atoms with Crippen molar-refractivity contribution in [2.45, 2.75) is 44.6 Å². The maximum Gasteiger partial charge on any atom is 0.245 e. The molecule has 1 atom stereocenters. The molecule has 4 heteroatoms. The van der Waals surface area contributed by atoms with E-state index in [9.17, 15) is 9.59 Å². The Morgan fingerprint density at radius 1 is 1.04 bits per heavy atom. The molecule has 3 rings (SSSR count). The van der Waals surface area contributed by atoms with Gasteiger partial charge in [0, 0.05) is 20.0 Å². The second kappa shape index (κ2) is 7.16. The summed E-state index contributed by atoms with van der Waals surface area (Å²) in [6.07, 6.45) is 6.80. The number of carbonyl (C=O) groups is 2. The summed E-state index contributed by atoms with van der Waals surface area (Å²) in [5, 5.41) is 0. The van der Waals surface area contributed by atoms with E-state index in [0.29, 0.717) is 12.3 Å². The molecule has 0 radical (unpaired) electrons. The Bertz CT molecular complexity index is 552. The van der Waals surface area contributed by atoms with Crippen LogP contribution in [0.25, 0.3) is 0 Å². The topological polar surface area (TPSA) is 40.6 Å². The molecule has 2 fully saturated rings. The average molecular weight is 314 g/mol. The highest BCUT2D eigenvalue weighted by molar-refractivity contribution is 5.94. The summed E-state index contributed by atoms with van der Waals surface area (Å²) >= 11 is 0. The number of likely N-dealkylation sites (N-methyl/N-ethyl adjacent to an activating group) is 1. The number of hydrogen-bond donors (Lipinski definition) is 0.